The third kappa shape index (κ3) is 9.15. The van der Waals surface area contributed by atoms with Crippen LogP contribution in [0, 0.1) is 5.92 Å². The van der Waals surface area contributed by atoms with Gasteiger partial charge in [-0.3, -0.25) is 18.9 Å². The number of carbonyl (C=O) groups is 3. The molecule has 2 N–H and O–H groups in total. The lowest BCUT2D eigenvalue weighted by molar-refractivity contribution is -0.138. The van der Waals surface area contributed by atoms with Gasteiger partial charge in [-0.05, 0) is 18.5 Å². The maximum absolute atomic E-state index is 11.6. The molecule has 0 aliphatic carbocycles. The Morgan fingerprint density at radius 3 is 2.30 bits per heavy atom. The molecule has 1 aliphatic heterocycles. The van der Waals surface area contributed by atoms with Crippen LogP contribution in [0.25, 0.3) is 0 Å². The fraction of sp³-hybridized carbons (Fsp3) is 0.471. The normalized spacial score (nSPS) is 14.7. The average molecular weight is 402 g/mol. The van der Waals surface area contributed by atoms with Crippen LogP contribution in [0.2, 0.25) is 0 Å². The molecule has 0 aromatic carbocycles. The fourth-order valence-corrected chi connectivity index (χ4v) is 3.01. The van der Waals surface area contributed by atoms with E-state index in [1.807, 2.05) is 0 Å². The Balaban J connectivity index is 0.000000694. The van der Waals surface area contributed by atoms with Crippen molar-refractivity contribution in [1.82, 2.24) is 10.2 Å². The second-order valence-electron chi connectivity index (χ2n) is 5.96. The number of carbonyl (C=O) groups excluding carboxylic acids is 3. The number of amides is 2. The number of likely N-dealkylation sites (tertiary alicyclic amines) is 1. The van der Waals surface area contributed by atoms with Gasteiger partial charge in [-0.2, -0.15) is 8.42 Å². The molecule has 1 heterocycles. The van der Waals surface area contributed by atoms with Crippen molar-refractivity contribution >= 4 is 27.9 Å². The quantitative estimate of drug-likeness (QED) is 0.271. The van der Waals surface area contributed by atoms with E-state index in [0.717, 1.165) is 19.2 Å². The van der Waals surface area contributed by atoms with Crippen molar-refractivity contribution in [3.63, 3.8) is 0 Å². The minimum absolute atomic E-state index is 0.179. The van der Waals surface area contributed by atoms with Gasteiger partial charge >= 0.3 is 5.97 Å². The number of nitrogens with zero attached hydrogens (tertiary/aromatic N) is 1. The largest absolute Gasteiger partial charge is 0.435 e. The van der Waals surface area contributed by atoms with Gasteiger partial charge in [0.15, 0.2) is 5.37 Å². The smallest absolute Gasteiger partial charge is 0.315 e. The Hall–Kier alpha value is -2.46. The first-order valence-electron chi connectivity index (χ1n) is 8.11. The van der Waals surface area contributed by atoms with E-state index in [4.69, 9.17) is 4.55 Å². The van der Waals surface area contributed by atoms with E-state index in [0.29, 0.717) is 6.42 Å². The lowest BCUT2D eigenvalue weighted by Gasteiger charge is -2.19. The van der Waals surface area contributed by atoms with Gasteiger partial charge in [-0.25, -0.2) is 0 Å². The van der Waals surface area contributed by atoms with Crippen LogP contribution in [0.3, 0.4) is 0 Å². The first-order valence-corrected chi connectivity index (χ1v) is 9.61. The molecule has 9 nitrogen and oxygen atoms in total. The van der Waals surface area contributed by atoms with Crippen molar-refractivity contribution < 1.29 is 32.1 Å². The van der Waals surface area contributed by atoms with E-state index in [9.17, 15) is 22.8 Å². The lowest BCUT2D eigenvalue weighted by Crippen LogP contribution is -2.44. The van der Waals surface area contributed by atoms with Gasteiger partial charge in [0.2, 0.25) is 11.8 Å². The fourth-order valence-electron chi connectivity index (χ4n) is 2.07. The predicted molar refractivity (Wildman–Crippen MR) is 99.5 cm³/mol. The third-order valence-corrected chi connectivity index (χ3v) is 4.73. The van der Waals surface area contributed by atoms with Crippen LogP contribution in [0.15, 0.2) is 37.8 Å². The molecule has 1 unspecified atom stereocenters. The third-order valence-electron chi connectivity index (χ3n) is 3.42. The Kier molecular flexibility index (Phi) is 10.3. The molecule has 1 saturated heterocycles. The predicted octanol–water partition coefficient (Wildman–Crippen LogP) is 1.36. The van der Waals surface area contributed by atoms with E-state index in [2.05, 4.69) is 29.8 Å². The summed E-state index contributed by atoms with van der Waals surface area (Å²) in [4.78, 5) is 35.0. The molecule has 0 aromatic heterocycles. The highest BCUT2D eigenvalue weighted by molar-refractivity contribution is 7.86. The van der Waals surface area contributed by atoms with Crippen LogP contribution in [0.5, 0.6) is 0 Å². The van der Waals surface area contributed by atoms with Gasteiger partial charge in [0.05, 0.1) is 12.7 Å². The summed E-state index contributed by atoms with van der Waals surface area (Å²) in [5.74, 6) is -1.94. The number of hydrogen-bond donors (Lipinski definition) is 2. The molecule has 0 radical (unpaired) electrons. The van der Waals surface area contributed by atoms with Crippen LogP contribution in [0.4, 0.5) is 0 Å². The zero-order chi connectivity index (χ0) is 21.2. The van der Waals surface area contributed by atoms with E-state index < -0.39 is 39.7 Å². The van der Waals surface area contributed by atoms with Gasteiger partial charge < -0.3 is 15.0 Å². The van der Waals surface area contributed by atoms with E-state index in [1.165, 1.54) is 13.8 Å². The second kappa shape index (κ2) is 11.3. The summed E-state index contributed by atoms with van der Waals surface area (Å²) in [5.41, 5.74) is -0.179. The lowest BCUT2D eigenvalue weighted by atomic mass is 10.2. The van der Waals surface area contributed by atoms with Gasteiger partial charge in [-0.15, -0.1) is 0 Å². The molecule has 1 aliphatic rings. The zero-order valence-corrected chi connectivity index (χ0v) is 16.3. The Morgan fingerprint density at radius 2 is 1.96 bits per heavy atom. The zero-order valence-electron chi connectivity index (χ0n) is 15.5. The first-order chi connectivity index (χ1) is 12.4. The van der Waals surface area contributed by atoms with E-state index >= 15 is 0 Å². The summed E-state index contributed by atoms with van der Waals surface area (Å²) in [6, 6.07) is 0. The molecular weight excluding hydrogens is 376 g/mol. The van der Waals surface area contributed by atoms with Crippen LogP contribution < -0.4 is 5.32 Å². The molecule has 10 heteroatoms. The summed E-state index contributed by atoms with van der Waals surface area (Å²) in [6.07, 6.45) is 3.78. The Morgan fingerprint density at radius 1 is 1.37 bits per heavy atom. The van der Waals surface area contributed by atoms with Crippen molar-refractivity contribution in [2.24, 2.45) is 5.92 Å². The van der Waals surface area contributed by atoms with E-state index in [-0.39, 0.29) is 11.5 Å². The molecule has 27 heavy (non-hydrogen) atoms. The summed E-state index contributed by atoms with van der Waals surface area (Å²) in [6.45, 7) is 13.9. The minimum Gasteiger partial charge on any atom is -0.435 e. The molecule has 0 bridgehead atoms. The molecule has 0 saturated carbocycles. The molecule has 2 amide bonds. The van der Waals surface area contributed by atoms with Crippen molar-refractivity contribution in [1.29, 1.82) is 0 Å². The second-order valence-corrected chi connectivity index (χ2v) is 7.50. The van der Waals surface area contributed by atoms with Crippen LogP contribution in [0.1, 0.15) is 33.1 Å². The summed E-state index contributed by atoms with van der Waals surface area (Å²) < 4.78 is 35.5. The first kappa shape index (κ1) is 24.5. The van der Waals surface area contributed by atoms with Gasteiger partial charge in [0.25, 0.3) is 10.1 Å². The molecule has 0 aromatic rings. The van der Waals surface area contributed by atoms with Crippen molar-refractivity contribution in [3.8, 4) is 0 Å². The van der Waals surface area contributed by atoms with Gasteiger partial charge in [0.1, 0.15) is 0 Å². The molecule has 152 valence electrons. The Bertz CT molecular complexity index is 698. The number of hydrogen-bond acceptors (Lipinski definition) is 6. The minimum atomic E-state index is -4.44. The van der Waals surface area contributed by atoms with Crippen LogP contribution in [-0.4, -0.2) is 47.6 Å². The van der Waals surface area contributed by atoms with Gasteiger partial charge in [0, 0.05) is 18.5 Å². The highest BCUT2D eigenvalue weighted by Gasteiger charge is 2.29. The topological polar surface area (TPSA) is 130 Å². The maximum atomic E-state index is 11.6. The van der Waals surface area contributed by atoms with Crippen molar-refractivity contribution in [2.75, 3.05) is 6.54 Å². The van der Waals surface area contributed by atoms with Gasteiger partial charge in [-0.1, -0.05) is 33.6 Å². The number of ether oxygens (including phenoxy) is 1. The molecule has 1 atom stereocenters. The summed E-state index contributed by atoms with van der Waals surface area (Å²) >= 11 is 0. The van der Waals surface area contributed by atoms with Crippen molar-refractivity contribution in [3.05, 3.63) is 37.8 Å². The highest BCUT2D eigenvalue weighted by atomic mass is 32.2. The average Bonchev–Trinajstić information content (AvgIpc) is 2.96. The molecule has 1 rings (SSSR count). The Labute approximate surface area is 159 Å². The maximum Gasteiger partial charge on any atom is 0.315 e. The molecule has 1 fully saturated rings. The summed E-state index contributed by atoms with van der Waals surface area (Å²) in [5, 5.41) is 0.628. The highest BCUT2D eigenvalue weighted by Crippen LogP contribution is 2.10. The standard InChI is InChI=1S/C11H17NO6S.C6H9NO/c1-5-18-9(13)6-8(4)10(14)12-11(7(2)3)19(15,16)17;1-2-7-5-3-4-6(7)8/h5,7,11H,1,4,6H2,2-3H3,(H,12,14)(H,15,16,17);2H,1,3-5H2. The van der Waals surface area contributed by atoms with E-state index in [1.54, 1.807) is 11.1 Å². The van der Waals surface area contributed by atoms with Crippen LogP contribution in [-0.2, 0) is 29.2 Å². The monoisotopic (exact) mass is 402 g/mol. The number of rotatable bonds is 8. The molecular formula is C17H26N2O7S. The van der Waals surface area contributed by atoms with Crippen LogP contribution >= 0.6 is 0 Å². The van der Waals surface area contributed by atoms with Crippen molar-refractivity contribution in [2.45, 2.75) is 38.5 Å². The summed E-state index contributed by atoms with van der Waals surface area (Å²) in [7, 11) is -4.44. The SMILES string of the molecule is C=CN1CCCC1=O.C=COC(=O)CC(=C)C(=O)NC(C(C)C)S(=O)(=O)O. The number of esters is 1. The molecule has 0 spiro atoms. The number of nitrogens with one attached hydrogen (secondary N) is 1.